The fourth-order valence-corrected chi connectivity index (χ4v) is 2.55. The lowest BCUT2D eigenvalue weighted by Gasteiger charge is -2.26. The Morgan fingerprint density at radius 2 is 2.11 bits per heavy atom. The van der Waals surface area contributed by atoms with Crippen LogP contribution in [0.3, 0.4) is 0 Å². The minimum atomic E-state index is 0. The van der Waals surface area contributed by atoms with E-state index in [2.05, 4.69) is 46.5 Å². The second-order valence-electron chi connectivity index (χ2n) is 4.64. The van der Waals surface area contributed by atoms with Crippen LogP contribution in [0, 0.1) is 0 Å². The Morgan fingerprint density at radius 3 is 2.89 bits per heavy atom. The Labute approximate surface area is 114 Å². The van der Waals surface area contributed by atoms with Crippen molar-refractivity contribution in [3.63, 3.8) is 0 Å². The van der Waals surface area contributed by atoms with Gasteiger partial charge in [0.05, 0.1) is 11.9 Å². The first kappa shape index (κ1) is 13.1. The maximum absolute atomic E-state index is 4.34. The molecule has 0 saturated carbocycles. The highest BCUT2D eigenvalue weighted by Gasteiger charge is 2.20. The summed E-state index contributed by atoms with van der Waals surface area (Å²) >= 11 is 0. The van der Waals surface area contributed by atoms with Crippen LogP contribution in [-0.4, -0.2) is 31.2 Å². The van der Waals surface area contributed by atoms with Crippen LogP contribution in [0.5, 0.6) is 0 Å². The molecule has 0 bridgehead atoms. The summed E-state index contributed by atoms with van der Waals surface area (Å²) in [6.45, 7) is 2.19. The molecule has 1 aliphatic rings. The van der Waals surface area contributed by atoms with Gasteiger partial charge in [0.15, 0.2) is 0 Å². The van der Waals surface area contributed by atoms with E-state index in [4.69, 9.17) is 0 Å². The highest BCUT2D eigenvalue weighted by atomic mass is 35.5. The van der Waals surface area contributed by atoms with E-state index < -0.39 is 0 Å². The van der Waals surface area contributed by atoms with Crippen LogP contribution < -0.4 is 10.2 Å². The van der Waals surface area contributed by atoms with Gasteiger partial charge in [0.25, 0.3) is 0 Å². The van der Waals surface area contributed by atoms with E-state index in [0.29, 0.717) is 6.04 Å². The maximum Gasteiger partial charge on any atom is 0.0632 e. The number of anilines is 1. The molecule has 2 aromatic rings. The van der Waals surface area contributed by atoms with Crippen molar-refractivity contribution in [3.05, 3.63) is 36.7 Å². The zero-order valence-electron chi connectivity index (χ0n) is 10.5. The third-order valence-corrected chi connectivity index (χ3v) is 3.61. The molecule has 0 spiro atoms. The third-order valence-electron chi connectivity index (χ3n) is 3.61. The number of nitrogens with one attached hydrogen (secondary N) is 1. The van der Waals surface area contributed by atoms with Gasteiger partial charge >= 0.3 is 0 Å². The summed E-state index contributed by atoms with van der Waals surface area (Å²) in [5.74, 6) is 0. The number of rotatable bonds is 2. The molecule has 3 nitrogen and oxygen atoms in total. The molecule has 1 atom stereocenters. The number of hydrogen-bond acceptors (Lipinski definition) is 3. The molecule has 1 aliphatic heterocycles. The molecule has 18 heavy (non-hydrogen) atoms. The summed E-state index contributed by atoms with van der Waals surface area (Å²) in [5.41, 5.74) is 1.23. The minimum absolute atomic E-state index is 0. The van der Waals surface area contributed by atoms with Crippen LogP contribution in [0.2, 0.25) is 0 Å². The number of hydrogen-bond donors (Lipinski definition) is 1. The second-order valence-corrected chi connectivity index (χ2v) is 4.64. The predicted molar refractivity (Wildman–Crippen MR) is 78.7 cm³/mol. The highest BCUT2D eigenvalue weighted by molar-refractivity contribution is 5.93. The second kappa shape index (κ2) is 5.55. The average Bonchev–Trinajstić information content (AvgIpc) is 2.91. The fourth-order valence-electron chi connectivity index (χ4n) is 2.55. The molecule has 96 valence electrons. The lowest BCUT2D eigenvalue weighted by atomic mass is 10.1. The minimum Gasteiger partial charge on any atom is -0.369 e. The SMILES string of the molecule is CN(c1cncc2ccccc12)C1CCNC1.Cl. The van der Waals surface area contributed by atoms with Gasteiger partial charge in [-0.15, -0.1) is 12.4 Å². The molecule has 1 fully saturated rings. The van der Waals surface area contributed by atoms with Crippen molar-refractivity contribution >= 4 is 28.9 Å². The van der Waals surface area contributed by atoms with Gasteiger partial charge < -0.3 is 10.2 Å². The lowest BCUT2D eigenvalue weighted by molar-refractivity contribution is 0.686. The van der Waals surface area contributed by atoms with Crippen molar-refractivity contribution in [3.8, 4) is 0 Å². The Balaban J connectivity index is 0.00000120. The number of aromatic nitrogens is 1. The topological polar surface area (TPSA) is 28.2 Å². The van der Waals surface area contributed by atoms with Crippen molar-refractivity contribution in [1.82, 2.24) is 10.3 Å². The molecule has 1 aromatic heterocycles. The van der Waals surface area contributed by atoms with Crippen molar-refractivity contribution in [2.75, 3.05) is 25.0 Å². The molecule has 3 rings (SSSR count). The average molecular weight is 264 g/mol. The largest absolute Gasteiger partial charge is 0.369 e. The zero-order valence-corrected chi connectivity index (χ0v) is 11.3. The lowest BCUT2D eigenvalue weighted by Crippen LogP contribution is -2.33. The standard InChI is InChI=1S/C14H17N3.ClH/c1-17(12-6-7-15-9-12)14-10-16-8-11-4-2-3-5-13(11)14;/h2-5,8,10,12,15H,6-7,9H2,1H3;1H. The van der Waals surface area contributed by atoms with E-state index in [1.165, 1.54) is 22.9 Å². The number of pyridine rings is 1. The summed E-state index contributed by atoms with van der Waals surface area (Å²) in [6, 6.07) is 9.03. The van der Waals surface area contributed by atoms with Crippen LogP contribution >= 0.6 is 12.4 Å². The van der Waals surface area contributed by atoms with E-state index in [1.807, 2.05) is 12.4 Å². The van der Waals surface area contributed by atoms with Gasteiger partial charge in [-0.3, -0.25) is 4.98 Å². The Morgan fingerprint density at radius 1 is 1.28 bits per heavy atom. The van der Waals surface area contributed by atoms with Gasteiger partial charge in [0, 0.05) is 36.6 Å². The van der Waals surface area contributed by atoms with Gasteiger partial charge in [-0.25, -0.2) is 0 Å². The molecule has 0 amide bonds. The van der Waals surface area contributed by atoms with Crippen LogP contribution in [-0.2, 0) is 0 Å². The van der Waals surface area contributed by atoms with E-state index >= 15 is 0 Å². The van der Waals surface area contributed by atoms with Crippen molar-refractivity contribution in [2.24, 2.45) is 0 Å². The monoisotopic (exact) mass is 263 g/mol. The number of nitrogens with zero attached hydrogens (tertiary/aromatic N) is 2. The summed E-state index contributed by atoms with van der Waals surface area (Å²) in [7, 11) is 2.17. The molecule has 0 aliphatic carbocycles. The molecule has 1 aromatic carbocycles. The van der Waals surface area contributed by atoms with Gasteiger partial charge in [0.1, 0.15) is 0 Å². The summed E-state index contributed by atoms with van der Waals surface area (Å²) in [5, 5.41) is 5.91. The molecule has 4 heteroatoms. The van der Waals surface area contributed by atoms with E-state index in [1.54, 1.807) is 0 Å². The summed E-state index contributed by atoms with van der Waals surface area (Å²) in [4.78, 5) is 6.70. The molecular weight excluding hydrogens is 246 g/mol. The first-order valence-electron chi connectivity index (χ1n) is 6.12. The van der Waals surface area contributed by atoms with Crippen LogP contribution in [0.15, 0.2) is 36.7 Å². The smallest absolute Gasteiger partial charge is 0.0632 e. The highest BCUT2D eigenvalue weighted by Crippen LogP contribution is 2.26. The van der Waals surface area contributed by atoms with E-state index in [9.17, 15) is 0 Å². The third kappa shape index (κ3) is 2.28. The van der Waals surface area contributed by atoms with Crippen LogP contribution in [0.25, 0.3) is 10.8 Å². The predicted octanol–water partition coefficient (Wildman–Crippen LogP) is 2.45. The molecule has 0 radical (unpaired) electrons. The number of fused-ring (bicyclic) bond motifs is 1. The van der Waals surface area contributed by atoms with Gasteiger partial charge in [-0.1, -0.05) is 24.3 Å². The Hall–Kier alpha value is -1.32. The molecule has 1 N–H and O–H groups in total. The quantitative estimate of drug-likeness (QED) is 0.902. The van der Waals surface area contributed by atoms with Gasteiger partial charge in [-0.2, -0.15) is 0 Å². The van der Waals surface area contributed by atoms with Crippen molar-refractivity contribution in [1.29, 1.82) is 0 Å². The van der Waals surface area contributed by atoms with Gasteiger partial charge in [0.2, 0.25) is 0 Å². The number of likely N-dealkylation sites (N-methyl/N-ethyl adjacent to an activating group) is 1. The Kier molecular flexibility index (Phi) is 4.04. The summed E-state index contributed by atoms with van der Waals surface area (Å²) < 4.78 is 0. The molecule has 2 heterocycles. The normalized spacial score (nSPS) is 18.6. The van der Waals surface area contributed by atoms with Crippen molar-refractivity contribution in [2.45, 2.75) is 12.5 Å². The number of benzene rings is 1. The zero-order chi connectivity index (χ0) is 11.7. The van der Waals surface area contributed by atoms with Crippen LogP contribution in [0.1, 0.15) is 6.42 Å². The van der Waals surface area contributed by atoms with Crippen LogP contribution in [0.4, 0.5) is 5.69 Å². The number of halogens is 1. The van der Waals surface area contributed by atoms with Crippen molar-refractivity contribution < 1.29 is 0 Å². The fraction of sp³-hybridized carbons (Fsp3) is 0.357. The maximum atomic E-state index is 4.34. The van der Waals surface area contributed by atoms with E-state index in [0.717, 1.165) is 13.1 Å². The first-order valence-corrected chi connectivity index (χ1v) is 6.12. The molecule has 1 unspecified atom stereocenters. The molecular formula is C14H18ClN3. The summed E-state index contributed by atoms with van der Waals surface area (Å²) in [6.07, 6.45) is 5.11. The Bertz CT molecular complexity index is 518. The van der Waals surface area contributed by atoms with E-state index in [-0.39, 0.29) is 12.4 Å². The first-order chi connectivity index (χ1) is 8.36. The van der Waals surface area contributed by atoms with Gasteiger partial charge in [-0.05, 0) is 13.0 Å². The molecule has 1 saturated heterocycles.